The van der Waals surface area contributed by atoms with Crippen molar-refractivity contribution in [3.05, 3.63) is 35.4 Å². The molecule has 1 unspecified atom stereocenters. The van der Waals surface area contributed by atoms with Crippen molar-refractivity contribution in [3.63, 3.8) is 0 Å². The minimum absolute atomic E-state index is 0.0723. The van der Waals surface area contributed by atoms with Crippen LogP contribution in [-0.2, 0) is 6.18 Å². The second kappa shape index (κ2) is 6.61. The number of nitrogens with one attached hydrogen (secondary N) is 1. The molecule has 0 saturated heterocycles. The van der Waals surface area contributed by atoms with Crippen molar-refractivity contribution in [2.45, 2.75) is 49.6 Å². The van der Waals surface area contributed by atoms with Crippen molar-refractivity contribution in [2.75, 3.05) is 12.8 Å². The van der Waals surface area contributed by atoms with E-state index in [0.717, 1.165) is 12.6 Å². The standard InChI is InChI=1S/C16H22F3NS/c1-12(20-11-15(21-2)8-3-4-9-15)13-6-5-7-14(10-13)16(17,18)19/h5-7,10,12,20H,3-4,8-9,11H2,1-2H3. The summed E-state index contributed by atoms with van der Waals surface area (Å²) >= 11 is 1.88. The lowest BCUT2D eigenvalue weighted by atomic mass is 10.0. The van der Waals surface area contributed by atoms with Crippen LogP contribution in [0.5, 0.6) is 0 Å². The minimum atomic E-state index is -4.28. The van der Waals surface area contributed by atoms with E-state index in [9.17, 15) is 13.2 Å². The van der Waals surface area contributed by atoms with Gasteiger partial charge in [0, 0.05) is 17.3 Å². The summed E-state index contributed by atoms with van der Waals surface area (Å²) in [6.07, 6.45) is 2.73. The van der Waals surface area contributed by atoms with E-state index in [-0.39, 0.29) is 10.8 Å². The Hall–Kier alpha value is -0.680. The Morgan fingerprint density at radius 3 is 2.52 bits per heavy atom. The second-order valence-electron chi connectivity index (χ2n) is 5.82. The number of halogens is 3. The first-order chi connectivity index (χ1) is 9.86. The van der Waals surface area contributed by atoms with E-state index in [4.69, 9.17) is 0 Å². The Labute approximate surface area is 128 Å². The van der Waals surface area contributed by atoms with Crippen molar-refractivity contribution in [1.29, 1.82) is 0 Å². The smallest absolute Gasteiger partial charge is 0.309 e. The summed E-state index contributed by atoms with van der Waals surface area (Å²) < 4.78 is 38.5. The van der Waals surface area contributed by atoms with Gasteiger partial charge in [0.1, 0.15) is 0 Å². The van der Waals surface area contributed by atoms with Crippen molar-refractivity contribution in [3.8, 4) is 0 Å². The summed E-state index contributed by atoms with van der Waals surface area (Å²) in [7, 11) is 0. The normalized spacial score (nSPS) is 19.7. The van der Waals surface area contributed by atoms with E-state index in [0.29, 0.717) is 5.56 Å². The molecule has 1 aliphatic carbocycles. The first-order valence-electron chi connectivity index (χ1n) is 7.32. The number of rotatable bonds is 5. The van der Waals surface area contributed by atoms with E-state index < -0.39 is 11.7 Å². The van der Waals surface area contributed by atoms with Gasteiger partial charge in [-0.15, -0.1) is 0 Å². The molecule has 0 aromatic heterocycles. The first-order valence-corrected chi connectivity index (χ1v) is 8.54. The SMILES string of the molecule is CSC1(CNC(C)c2cccc(C(F)(F)F)c2)CCCC1. The number of hydrogen-bond acceptors (Lipinski definition) is 2. The van der Waals surface area contributed by atoms with Gasteiger partial charge in [-0.25, -0.2) is 0 Å². The summed E-state index contributed by atoms with van der Waals surface area (Å²) in [5.74, 6) is 0. The molecule has 1 fully saturated rings. The average molecular weight is 317 g/mol. The molecule has 1 atom stereocenters. The summed E-state index contributed by atoms with van der Waals surface area (Å²) in [4.78, 5) is 0. The van der Waals surface area contributed by atoms with Crippen LogP contribution in [0.25, 0.3) is 0 Å². The van der Waals surface area contributed by atoms with Crippen LogP contribution >= 0.6 is 11.8 Å². The maximum atomic E-state index is 12.8. The molecule has 0 heterocycles. The maximum Gasteiger partial charge on any atom is 0.416 e. The summed E-state index contributed by atoms with van der Waals surface area (Å²) in [5, 5.41) is 3.42. The van der Waals surface area contributed by atoms with Gasteiger partial charge in [0.05, 0.1) is 5.56 Å². The fourth-order valence-corrected chi connectivity index (χ4v) is 3.84. The molecular weight excluding hydrogens is 295 g/mol. The zero-order chi connectivity index (χ0) is 15.5. The molecule has 0 spiro atoms. The maximum absolute atomic E-state index is 12.8. The summed E-state index contributed by atoms with van der Waals surface area (Å²) in [6.45, 7) is 2.78. The fourth-order valence-electron chi connectivity index (χ4n) is 2.91. The predicted octanol–water partition coefficient (Wildman–Crippen LogP) is 5.03. The number of thioether (sulfide) groups is 1. The van der Waals surface area contributed by atoms with E-state index in [1.165, 1.54) is 37.8 Å². The number of alkyl halides is 3. The van der Waals surface area contributed by atoms with Crippen molar-refractivity contribution >= 4 is 11.8 Å². The quantitative estimate of drug-likeness (QED) is 0.817. The highest BCUT2D eigenvalue weighted by Gasteiger charge is 2.33. The molecule has 0 amide bonds. The van der Waals surface area contributed by atoms with E-state index >= 15 is 0 Å². The summed E-state index contributed by atoms with van der Waals surface area (Å²) in [6, 6.07) is 5.54. The van der Waals surface area contributed by atoms with Gasteiger partial charge >= 0.3 is 6.18 Å². The molecule has 1 N–H and O–H groups in total. The molecule has 1 saturated carbocycles. The van der Waals surface area contributed by atoms with Gasteiger partial charge in [0.15, 0.2) is 0 Å². The number of benzene rings is 1. The fraction of sp³-hybridized carbons (Fsp3) is 0.625. The Morgan fingerprint density at radius 2 is 1.95 bits per heavy atom. The monoisotopic (exact) mass is 317 g/mol. The molecule has 1 nitrogen and oxygen atoms in total. The molecule has 0 radical (unpaired) electrons. The third kappa shape index (κ3) is 4.16. The summed E-state index contributed by atoms with van der Waals surface area (Å²) in [5.41, 5.74) is 0.119. The van der Waals surface area contributed by atoms with E-state index in [2.05, 4.69) is 11.6 Å². The van der Waals surface area contributed by atoms with Gasteiger partial charge < -0.3 is 5.32 Å². The van der Waals surface area contributed by atoms with Gasteiger partial charge in [0.25, 0.3) is 0 Å². The third-order valence-electron chi connectivity index (χ3n) is 4.39. The molecule has 1 aliphatic rings. The molecule has 5 heteroatoms. The van der Waals surface area contributed by atoms with Crippen LogP contribution in [0.2, 0.25) is 0 Å². The van der Waals surface area contributed by atoms with Crippen LogP contribution < -0.4 is 5.32 Å². The first kappa shape index (κ1) is 16.7. The predicted molar refractivity (Wildman–Crippen MR) is 82.6 cm³/mol. The van der Waals surface area contributed by atoms with Gasteiger partial charge in [-0.1, -0.05) is 25.0 Å². The Bertz CT molecular complexity index is 467. The van der Waals surface area contributed by atoms with Crippen LogP contribution in [0.1, 0.15) is 49.8 Å². The highest BCUT2D eigenvalue weighted by molar-refractivity contribution is 8.00. The van der Waals surface area contributed by atoms with Crippen molar-refractivity contribution in [2.24, 2.45) is 0 Å². The molecule has 0 bridgehead atoms. The Balaban J connectivity index is 2.02. The van der Waals surface area contributed by atoms with Gasteiger partial charge in [-0.3, -0.25) is 0 Å². The van der Waals surface area contributed by atoms with Gasteiger partial charge in [-0.05, 0) is 43.7 Å². The highest BCUT2D eigenvalue weighted by atomic mass is 32.2. The molecule has 2 rings (SSSR count). The zero-order valence-corrected chi connectivity index (χ0v) is 13.3. The highest BCUT2D eigenvalue weighted by Crippen LogP contribution is 2.40. The van der Waals surface area contributed by atoms with E-state index in [1.54, 1.807) is 6.07 Å². The van der Waals surface area contributed by atoms with Crippen LogP contribution in [0.4, 0.5) is 13.2 Å². The van der Waals surface area contributed by atoms with Gasteiger partial charge in [-0.2, -0.15) is 24.9 Å². The molecular formula is C16H22F3NS. The van der Waals surface area contributed by atoms with Crippen molar-refractivity contribution in [1.82, 2.24) is 5.32 Å². The lowest BCUT2D eigenvalue weighted by molar-refractivity contribution is -0.137. The van der Waals surface area contributed by atoms with Crippen LogP contribution in [0, 0.1) is 0 Å². The molecule has 0 aliphatic heterocycles. The lowest BCUT2D eigenvalue weighted by Gasteiger charge is -2.29. The largest absolute Gasteiger partial charge is 0.416 e. The Kier molecular flexibility index (Phi) is 5.25. The topological polar surface area (TPSA) is 12.0 Å². The van der Waals surface area contributed by atoms with Crippen LogP contribution in [0.3, 0.4) is 0 Å². The lowest BCUT2D eigenvalue weighted by Crippen LogP contribution is -2.36. The zero-order valence-electron chi connectivity index (χ0n) is 12.5. The Morgan fingerprint density at radius 1 is 1.29 bits per heavy atom. The van der Waals surface area contributed by atoms with Crippen LogP contribution in [-0.4, -0.2) is 17.5 Å². The minimum Gasteiger partial charge on any atom is -0.309 e. The van der Waals surface area contributed by atoms with Crippen LogP contribution in [0.15, 0.2) is 24.3 Å². The molecule has 21 heavy (non-hydrogen) atoms. The van der Waals surface area contributed by atoms with Crippen molar-refractivity contribution < 1.29 is 13.2 Å². The molecule has 118 valence electrons. The average Bonchev–Trinajstić information content (AvgIpc) is 2.93. The van der Waals surface area contributed by atoms with Gasteiger partial charge in [0.2, 0.25) is 0 Å². The molecule has 1 aromatic carbocycles. The number of hydrogen-bond donors (Lipinski definition) is 1. The third-order valence-corrected chi connectivity index (χ3v) is 5.81. The van der Waals surface area contributed by atoms with E-state index in [1.807, 2.05) is 18.7 Å². The second-order valence-corrected chi connectivity index (χ2v) is 7.09. The molecule has 1 aromatic rings.